The van der Waals surface area contributed by atoms with E-state index in [0.717, 1.165) is 22.7 Å². The van der Waals surface area contributed by atoms with E-state index in [4.69, 9.17) is 0 Å². The highest BCUT2D eigenvalue weighted by Crippen LogP contribution is 2.22. The van der Waals surface area contributed by atoms with Crippen molar-refractivity contribution in [2.75, 3.05) is 15.9 Å². The molecule has 138 valence electrons. The topological polar surface area (TPSA) is 83.6 Å². The molecule has 0 spiro atoms. The molecule has 1 amide bonds. The van der Waals surface area contributed by atoms with Crippen LogP contribution >= 0.6 is 0 Å². The fourth-order valence-electron chi connectivity index (χ4n) is 2.46. The van der Waals surface area contributed by atoms with Gasteiger partial charge >= 0.3 is 0 Å². The summed E-state index contributed by atoms with van der Waals surface area (Å²) in [5.41, 5.74) is 0.977. The van der Waals surface area contributed by atoms with Crippen molar-refractivity contribution < 1.29 is 22.4 Å². The molecular weight excluding hydrogens is 359 g/mol. The Morgan fingerprint density at radius 1 is 1.12 bits per heavy atom. The smallest absolute Gasteiger partial charge is 0.247 e. The molecule has 0 aliphatic heterocycles. The van der Waals surface area contributed by atoms with E-state index in [0.29, 0.717) is 11.3 Å². The van der Waals surface area contributed by atoms with Gasteiger partial charge in [-0.05, 0) is 50.2 Å². The Bertz CT molecular complexity index is 926. The van der Waals surface area contributed by atoms with Gasteiger partial charge in [0.1, 0.15) is 11.9 Å². The van der Waals surface area contributed by atoms with Crippen LogP contribution in [0.15, 0.2) is 48.5 Å². The quantitative estimate of drug-likeness (QED) is 0.784. The van der Waals surface area contributed by atoms with Crippen LogP contribution in [0.3, 0.4) is 0 Å². The van der Waals surface area contributed by atoms with E-state index in [-0.39, 0.29) is 11.5 Å². The van der Waals surface area contributed by atoms with Crippen molar-refractivity contribution in [2.24, 2.45) is 0 Å². The highest BCUT2D eigenvalue weighted by molar-refractivity contribution is 7.92. The fraction of sp³-hybridized carbons (Fsp3) is 0.222. The van der Waals surface area contributed by atoms with Crippen molar-refractivity contribution >= 4 is 33.1 Å². The maximum Gasteiger partial charge on any atom is 0.247 e. The van der Waals surface area contributed by atoms with Gasteiger partial charge in [0.25, 0.3) is 0 Å². The first-order chi connectivity index (χ1) is 12.1. The Hall–Kier alpha value is -2.74. The normalized spacial score (nSPS) is 12.3. The molecule has 0 saturated heterocycles. The third-order valence-corrected chi connectivity index (χ3v) is 4.95. The van der Waals surface area contributed by atoms with E-state index < -0.39 is 27.8 Å². The van der Waals surface area contributed by atoms with Gasteiger partial charge in [-0.25, -0.2) is 12.8 Å². The van der Waals surface area contributed by atoms with Crippen LogP contribution in [-0.4, -0.2) is 32.4 Å². The molecule has 2 aromatic rings. The van der Waals surface area contributed by atoms with Crippen molar-refractivity contribution in [2.45, 2.75) is 19.9 Å². The molecule has 0 aliphatic rings. The molecule has 2 rings (SSSR count). The first-order valence-electron chi connectivity index (χ1n) is 7.76. The second kappa shape index (κ2) is 7.65. The standard InChI is InChI=1S/C18H19FN2O4S/c1-12(18(23)20-16-6-4-5-14(11-16)13(2)22)21(26(3,24)25)17-9-7-15(19)8-10-17/h4-12H,1-3H3,(H,20,23)/t12-/m1/s1. The number of carbonyl (C=O) groups excluding carboxylic acids is 2. The van der Waals surface area contributed by atoms with Crippen molar-refractivity contribution in [3.63, 3.8) is 0 Å². The molecule has 0 radical (unpaired) electrons. The lowest BCUT2D eigenvalue weighted by molar-refractivity contribution is -0.116. The molecule has 0 saturated carbocycles. The average Bonchev–Trinajstić information content (AvgIpc) is 2.55. The average molecular weight is 378 g/mol. The predicted molar refractivity (Wildman–Crippen MR) is 98.3 cm³/mol. The van der Waals surface area contributed by atoms with Crippen LogP contribution < -0.4 is 9.62 Å². The van der Waals surface area contributed by atoms with Gasteiger partial charge in [0.15, 0.2) is 5.78 Å². The molecule has 0 unspecified atom stereocenters. The number of hydrogen-bond donors (Lipinski definition) is 1. The summed E-state index contributed by atoms with van der Waals surface area (Å²) < 4.78 is 38.4. The summed E-state index contributed by atoms with van der Waals surface area (Å²) >= 11 is 0. The molecule has 0 heterocycles. The molecule has 26 heavy (non-hydrogen) atoms. The molecule has 1 N–H and O–H groups in total. The van der Waals surface area contributed by atoms with E-state index in [9.17, 15) is 22.4 Å². The lowest BCUT2D eigenvalue weighted by Gasteiger charge is -2.28. The van der Waals surface area contributed by atoms with Gasteiger partial charge in [-0.1, -0.05) is 12.1 Å². The summed E-state index contributed by atoms with van der Waals surface area (Å²) in [4.78, 5) is 24.0. The van der Waals surface area contributed by atoms with Gasteiger partial charge in [0, 0.05) is 11.3 Å². The summed E-state index contributed by atoms with van der Waals surface area (Å²) in [6.07, 6.45) is 0.969. The molecule has 0 aliphatic carbocycles. The number of amides is 1. The summed E-state index contributed by atoms with van der Waals surface area (Å²) in [5, 5.41) is 2.60. The van der Waals surface area contributed by atoms with Crippen molar-refractivity contribution in [3.05, 3.63) is 59.9 Å². The van der Waals surface area contributed by atoms with E-state index >= 15 is 0 Å². The van der Waals surface area contributed by atoms with Crippen LogP contribution in [0, 0.1) is 5.82 Å². The van der Waals surface area contributed by atoms with Crippen LogP contribution in [0.2, 0.25) is 0 Å². The number of halogens is 1. The van der Waals surface area contributed by atoms with E-state index in [1.807, 2.05) is 0 Å². The van der Waals surface area contributed by atoms with Gasteiger partial charge in [-0.2, -0.15) is 0 Å². The van der Waals surface area contributed by atoms with Gasteiger partial charge in [-0.3, -0.25) is 13.9 Å². The molecular formula is C18H19FN2O4S. The van der Waals surface area contributed by atoms with Gasteiger partial charge < -0.3 is 5.32 Å². The van der Waals surface area contributed by atoms with E-state index in [2.05, 4.69) is 5.32 Å². The second-order valence-electron chi connectivity index (χ2n) is 5.84. The number of benzene rings is 2. The summed E-state index contributed by atoms with van der Waals surface area (Å²) in [7, 11) is -3.79. The Kier molecular flexibility index (Phi) is 5.76. The number of nitrogens with zero attached hydrogens (tertiary/aromatic N) is 1. The first-order valence-corrected chi connectivity index (χ1v) is 9.61. The maximum absolute atomic E-state index is 13.1. The number of anilines is 2. The van der Waals surface area contributed by atoms with Crippen LogP contribution in [0.25, 0.3) is 0 Å². The molecule has 1 atom stereocenters. The Labute approximate surface area is 151 Å². The van der Waals surface area contributed by atoms with Gasteiger partial charge in [0.05, 0.1) is 11.9 Å². The minimum Gasteiger partial charge on any atom is -0.324 e. The zero-order valence-corrected chi connectivity index (χ0v) is 15.4. The van der Waals surface area contributed by atoms with Crippen molar-refractivity contribution in [1.82, 2.24) is 0 Å². The predicted octanol–water partition coefficient (Wildman–Crippen LogP) is 2.82. The third-order valence-electron chi connectivity index (χ3n) is 3.71. The minimum atomic E-state index is -3.79. The molecule has 0 bridgehead atoms. The zero-order valence-electron chi connectivity index (χ0n) is 14.6. The zero-order chi connectivity index (χ0) is 19.5. The van der Waals surface area contributed by atoms with E-state index in [1.165, 1.54) is 32.0 Å². The SMILES string of the molecule is CC(=O)c1cccc(NC(=O)[C@@H](C)N(c2ccc(F)cc2)S(C)(=O)=O)c1. The van der Waals surface area contributed by atoms with Gasteiger partial charge in [0.2, 0.25) is 15.9 Å². The monoisotopic (exact) mass is 378 g/mol. The number of hydrogen-bond acceptors (Lipinski definition) is 4. The van der Waals surface area contributed by atoms with E-state index in [1.54, 1.807) is 18.2 Å². The largest absolute Gasteiger partial charge is 0.324 e. The summed E-state index contributed by atoms with van der Waals surface area (Å²) in [6.45, 7) is 2.83. The highest BCUT2D eigenvalue weighted by atomic mass is 32.2. The Morgan fingerprint density at radius 3 is 2.27 bits per heavy atom. The third kappa shape index (κ3) is 4.66. The number of ketones is 1. The highest BCUT2D eigenvalue weighted by Gasteiger charge is 2.29. The molecule has 6 nitrogen and oxygen atoms in total. The number of nitrogens with one attached hydrogen (secondary N) is 1. The first kappa shape index (κ1) is 19.6. The Morgan fingerprint density at radius 2 is 1.73 bits per heavy atom. The lowest BCUT2D eigenvalue weighted by Crippen LogP contribution is -2.45. The number of sulfonamides is 1. The van der Waals surface area contributed by atoms with Crippen molar-refractivity contribution in [3.8, 4) is 0 Å². The molecule has 0 aromatic heterocycles. The Balaban J connectivity index is 2.29. The maximum atomic E-state index is 13.1. The number of rotatable bonds is 6. The fourth-order valence-corrected chi connectivity index (χ4v) is 3.63. The molecule has 0 fully saturated rings. The lowest BCUT2D eigenvalue weighted by atomic mass is 10.1. The van der Waals surface area contributed by atoms with Crippen LogP contribution in [0.5, 0.6) is 0 Å². The number of carbonyl (C=O) groups is 2. The molecule has 2 aromatic carbocycles. The van der Waals surface area contributed by atoms with Crippen LogP contribution in [0.1, 0.15) is 24.2 Å². The summed E-state index contributed by atoms with van der Waals surface area (Å²) in [6, 6.07) is 10.1. The van der Waals surface area contributed by atoms with Gasteiger partial charge in [-0.15, -0.1) is 0 Å². The second-order valence-corrected chi connectivity index (χ2v) is 7.70. The summed E-state index contributed by atoms with van der Waals surface area (Å²) in [5.74, 6) is -1.25. The minimum absolute atomic E-state index is 0.154. The van der Waals surface area contributed by atoms with Crippen molar-refractivity contribution in [1.29, 1.82) is 0 Å². The van der Waals surface area contributed by atoms with Crippen LogP contribution in [0.4, 0.5) is 15.8 Å². The number of Topliss-reactive ketones (excluding diaryl/α,β-unsaturated/α-hetero) is 1. The van der Waals surface area contributed by atoms with Crippen LogP contribution in [-0.2, 0) is 14.8 Å². The molecule has 8 heteroatoms.